The molecule has 0 saturated heterocycles. The van der Waals surface area contributed by atoms with Gasteiger partial charge in [0.25, 0.3) is 0 Å². The van der Waals surface area contributed by atoms with Crippen LogP contribution >= 0.6 is 0 Å². The highest BCUT2D eigenvalue weighted by Gasteiger charge is 2.46. The summed E-state index contributed by atoms with van der Waals surface area (Å²) < 4.78 is 0. The van der Waals surface area contributed by atoms with Crippen molar-refractivity contribution in [2.75, 3.05) is 4.90 Å². The highest BCUT2D eigenvalue weighted by molar-refractivity contribution is 6.06. The topological polar surface area (TPSA) is 3.24 Å². The van der Waals surface area contributed by atoms with Crippen molar-refractivity contribution in [1.29, 1.82) is 0 Å². The number of anilines is 3. The maximum atomic E-state index is 2.45. The van der Waals surface area contributed by atoms with Gasteiger partial charge in [-0.1, -0.05) is 194 Å². The van der Waals surface area contributed by atoms with E-state index in [4.69, 9.17) is 0 Å². The Labute approximate surface area is 317 Å². The molecule has 1 aliphatic carbocycles. The van der Waals surface area contributed by atoms with Gasteiger partial charge in [0.1, 0.15) is 0 Å². The molecule has 0 spiro atoms. The molecule has 9 aromatic rings. The van der Waals surface area contributed by atoms with E-state index in [0.717, 1.165) is 17.1 Å². The molecule has 0 radical (unpaired) electrons. The first-order chi connectivity index (χ1) is 26.8. The van der Waals surface area contributed by atoms with Crippen LogP contribution in [0.15, 0.2) is 224 Å². The minimum atomic E-state index is -0.494. The second-order valence-corrected chi connectivity index (χ2v) is 14.0. The fraction of sp³-hybridized carbons (Fsp3) is 0.0189. The van der Waals surface area contributed by atoms with E-state index < -0.39 is 5.41 Å². The van der Waals surface area contributed by atoms with Crippen LogP contribution in [0, 0.1) is 0 Å². The molecule has 1 nitrogen and oxygen atoms in total. The molecule has 0 aromatic heterocycles. The molecule has 0 N–H and O–H groups in total. The first kappa shape index (κ1) is 31.7. The van der Waals surface area contributed by atoms with Crippen molar-refractivity contribution < 1.29 is 0 Å². The van der Waals surface area contributed by atoms with E-state index in [1.807, 2.05) is 0 Å². The van der Waals surface area contributed by atoms with Crippen LogP contribution in [0.2, 0.25) is 0 Å². The minimum Gasteiger partial charge on any atom is -0.310 e. The molecule has 54 heavy (non-hydrogen) atoms. The molecule has 9 aromatic carbocycles. The van der Waals surface area contributed by atoms with Gasteiger partial charge in [0.05, 0.1) is 11.1 Å². The number of hydrogen-bond donors (Lipinski definition) is 0. The lowest BCUT2D eigenvalue weighted by Crippen LogP contribution is -2.28. The lowest BCUT2D eigenvalue weighted by atomic mass is 9.67. The van der Waals surface area contributed by atoms with Gasteiger partial charge in [0.2, 0.25) is 0 Å². The van der Waals surface area contributed by atoms with Crippen molar-refractivity contribution in [2.45, 2.75) is 5.41 Å². The van der Waals surface area contributed by atoms with Crippen LogP contribution < -0.4 is 4.90 Å². The molecule has 0 saturated carbocycles. The second kappa shape index (κ2) is 13.2. The van der Waals surface area contributed by atoms with E-state index in [1.54, 1.807) is 0 Å². The fourth-order valence-electron chi connectivity index (χ4n) is 8.80. The molecule has 0 fully saturated rings. The molecule has 254 valence electrons. The van der Waals surface area contributed by atoms with Crippen LogP contribution in [0.3, 0.4) is 0 Å². The minimum absolute atomic E-state index is 0.494. The Kier molecular flexibility index (Phi) is 7.78. The maximum absolute atomic E-state index is 2.45. The van der Waals surface area contributed by atoms with Crippen molar-refractivity contribution in [3.63, 3.8) is 0 Å². The van der Waals surface area contributed by atoms with E-state index in [-0.39, 0.29) is 0 Å². The third-order valence-electron chi connectivity index (χ3n) is 11.2. The van der Waals surface area contributed by atoms with Gasteiger partial charge in [-0.2, -0.15) is 0 Å². The summed E-state index contributed by atoms with van der Waals surface area (Å²) in [6.07, 6.45) is 0. The highest BCUT2D eigenvalue weighted by Crippen LogP contribution is 2.56. The van der Waals surface area contributed by atoms with Crippen molar-refractivity contribution >= 4 is 27.8 Å². The lowest BCUT2D eigenvalue weighted by Gasteiger charge is -2.35. The van der Waals surface area contributed by atoms with Crippen molar-refractivity contribution in [3.05, 3.63) is 247 Å². The Bertz CT molecular complexity index is 2700. The van der Waals surface area contributed by atoms with Crippen LogP contribution in [-0.2, 0) is 5.41 Å². The summed E-state index contributed by atoms with van der Waals surface area (Å²) in [5.74, 6) is 0. The molecule has 1 aliphatic rings. The average Bonchev–Trinajstić information content (AvgIpc) is 3.56. The first-order valence-electron chi connectivity index (χ1n) is 18.7. The zero-order valence-corrected chi connectivity index (χ0v) is 29.8. The van der Waals surface area contributed by atoms with Crippen LogP contribution in [0.25, 0.3) is 44.2 Å². The van der Waals surface area contributed by atoms with Gasteiger partial charge in [0.15, 0.2) is 0 Å². The SMILES string of the molecule is c1ccc(-c2ccc(N(c3cccc(C4(c5ccccc5)c5ccccc5-c5ccccc54)c3)c3ccc(-c4ccccc4)c4ccccc34)cc2)cc1. The Morgan fingerprint density at radius 3 is 1.48 bits per heavy atom. The molecular weight excluding hydrogens is 651 g/mol. The molecule has 10 rings (SSSR count). The van der Waals surface area contributed by atoms with Crippen molar-refractivity contribution in [2.24, 2.45) is 0 Å². The number of benzene rings is 9. The highest BCUT2D eigenvalue weighted by atomic mass is 15.1. The maximum Gasteiger partial charge on any atom is 0.0714 e. The molecule has 0 heterocycles. The molecule has 0 amide bonds. The summed E-state index contributed by atoms with van der Waals surface area (Å²) >= 11 is 0. The standard InChI is InChI=1S/C53H37N/c1-4-17-38(18-5-1)39-31-33-43(34-32-39)54(52-36-35-45(40-19-6-2-7-20-40)46-25-10-11-28-49(46)52)44-24-16-23-42(37-44)53(41-21-8-3-9-22-41)50-29-14-12-26-47(50)48-27-13-15-30-51(48)53/h1-37H. The Morgan fingerprint density at radius 2 is 0.815 bits per heavy atom. The van der Waals surface area contributed by atoms with Crippen LogP contribution in [0.5, 0.6) is 0 Å². The number of nitrogens with zero attached hydrogens (tertiary/aromatic N) is 1. The zero-order chi connectivity index (χ0) is 35.9. The fourth-order valence-corrected chi connectivity index (χ4v) is 8.80. The number of fused-ring (bicyclic) bond motifs is 4. The molecule has 0 bridgehead atoms. The summed E-state index contributed by atoms with van der Waals surface area (Å²) in [5, 5.41) is 2.42. The predicted octanol–water partition coefficient (Wildman–Crippen LogP) is 14.0. The molecule has 0 unspecified atom stereocenters. The predicted molar refractivity (Wildman–Crippen MR) is 227 cm³/mol. The lowest BCUT2D eigenvalue weighted by molar-refractivity contribution is 0.768. The Balaban J connectivity index is 1.22. The van der Waals surface area contributed by atoms with Crippen LogP contribution in [-0.4, -0.2) is 0 Å². The van der Waals surface area contributed by atoms with E-state index in [1.165, 1.54) is 66.4 Å². The third-order valence-corrected chi connectivity index (χ3v) is 11.2. The van der Waals surface area contributed by atoms with Gasteiger partial charge < -0.3 is 4.90 Å². The van der Waals surface area contributed by atoms with Crippen LogP contribution in [0.1, 0.15) is 22.3 Å². The quantitative estimate of drug-likeness (QED) is 0.161. The molecule has 0 aliphatic heterocycles. The Hall–Kier alpha value is -6.96. The van der Waals surface area contributed by atoms with Crippen LogP contribution in [0.4, 0.5) is 17.1 Å². The van der Waals surface area contributed by atoms with Gasteiger partial charge >= 0.3 is 0 Å². The third kappa shape index (κ3) is 5.09. The molecular formula is C53H37N. The van der Waals surface area contributed by atoms with Crippen molar-refractivity contribution in [3.8, 4) is 33.4 Å². The second-order valence-electron chi connectivity index (χ2n) is 14.0. The van der Waals surface area contributed by atoms with Gasteiger partial charge in [-0.25, -0.2) is 0 Å². The molecule has 1 heteroatoms. The summed E-state index contributed by atoms with van der Waals surface area (Å²) in [6, 6.07) is 82.0. The largest absolute Gasteiger partial charge is 0.310 e. The van der Waals surface area contributed by atoms with E-state index in [2.05, 4.69) is 229 Å². The monoisotopic (exact) mass is 687 g/mol. The van der Waals surface area contributed by atoms with Crippen molar-refractivity contribution in [1.82, 2.24) is 0 Å². The summed E-state index contributed by atoms with van der Waals surface area (Å²) in [5.41, 5.74) is 15.4. The first-order valence-corrected chi connectivity index (χ1v) is 18.7. The Morgan fingerprint density at radius 1 is 0.296 bits per heavy atom. The number of rotatable bonds is 7. The van der Waals surface area contributed by atoms with Gasteiger partial charge in [-0.15, -0.1) is 0 Å². The summed E-state index contributed by atoms with van der Waals surface area (Å²) in [6.45, 7) is 0. The van der Waals surface area contributed by atoms with Gasteiger partial charge in [-0.05, 0) is 91.4 Å². The van der Waals surface area contributed by atoms with Gasteiger partial charge in [-0.3, -0.25) is 0 Å². The smallest absolute Gasteiger partial charge is 0.0714 e. The normalized spacial score (nSPS) is 12.6. The van der Waals surface area contributed by atoms with E-state index in [9.17, 15) is 0 Å². The van der Waals surface area contributed by atoms with E-state index >= 15 is 0 Å². The zero-order valence-electron chi connectivity index (χ0n) is 29.8. The average molecular weight is 688 g/mol. The molecule has 0 atom stereocenters. The summed E-state index contributed by atoms with van der Waals surface area (Å²) in [7, 11) is 0. The van der Waals surface area contributed by atoms with Gasteiger partial charge in [0, 0.05) is 16.8 Å². The van der Waals surface area contributed by atoms with E-state index in [0.29, 0.717) is 0 Å². The summed E-state index contributed by atoms with van der Waals surface area (Å²) in [4.78, 5) is 2.45. The number of hydrogen-bond acceptors (Lipinski definition) is 1.